The number of hydrogen-bond acceptors (Lipinski definition) is 2. The molecule has 4 heteroatoms. The van der Waals surface area contributed by atoms with E-state index in [1.54, 1.807) is 0 Å². The highest BCUT2D eigenvalue weighted by molar-refractivity contribution is 6.21. The van der Waals surface area contributed by atoms with Crippen LogP contribution in [0.25, 0.3) is 0 Å². The number of imidazole rings is 1. The minimum absolute atomic E-state index is 0.403. The number of nitrogens with one attached hydrogen (secondary N) is 1. The second-order valence-electron chi connectivity index (χ2n) is 3.92. The van der Waals surface area contributed by atoms with Crippen molar-refractivity contribution in [3.8, 4) is 0 Å². The lowest BCUT2D eigenvalue weighted by atomic mass is 9.92. The normalized spacial score (nSPS) is 26.1. The number of aryl methyl sites for hydroxylation is 1. The van der Waals surface area contributed by atoms with Crippen LogP contribution in [0.4, 0.5) is 0 Å². The Morgan fingerprint density at radius 3 is 3.00 bits per heavy atom. The van der Waals surface area contributed by atoms with Crippen LogP contribution in [0.3, 0.4) is 0 Å². The van der Waals surface area contributed by atoms with Gasteiger partial charge in [-0.05, 0) is 12.8 Å². The molecule has 0 atom stereocenters. The summed E-state index contributed by atoms with van der Waals surface area (Å²) in [5.74, 6) is 1.14. The summed E-state index contributed by atoms with van der Waals surface area (Å²) < 4.78 is 2.06. The average molecular weight is 214 g/mol. The quantitative estimate of drug-likeness (QED) is 0.765. The highest BCUT2D eigenvalue weighted by Crippen LogP contribution is 2.24. The van der Waals surface area contributed by atoms with Gasteiger partial charge in [-0.1, -0.05) is 0 Å². The molecule has 1 fully saturated rings. The number of nitrogens with zero attached hydrogens (tertiary/aromatic N) is 2. The summed E-state index contributed by atoms with van der Waals surface area (Å²) in [5, 5.41) is 3.88. The van der Waals surface area contributed by atoms with E-state index in [1.165, 1.54) is 0 Å². The Morgan fingerprint density at radius 1 is 1.64 bits per heavy atom. The van der Waals surface area contributed by atoms with Gasteiger partial charge >= 0.3 is 0 Å². The molecule has 78 valence electrons. The van der Waals surface area contributed by atoms with Crippen LogP contribution in [-0.2, 0) is 13.5 Å². The first kappa shape index (κ1) is 9.99. The molecule has 3 nitrogen and oxygen atoms in total. The summed E-state index contributed by atoms with van der Waals surface area (Å²) in [4.78, 5) is 4.27. The topological polar surface area (TPSA) is 29.9 Å². The predicted octanol–water partition coefficient (Wildman–Crippen LogP) is 1.32. The van der Waals surface area contributed by atoms with Gasteiger partial charge in [0.15, 0.2) is 0 Å². The Kier molecular flexibility index (Phi) is 3.08. The molecular weight excluding hydrogens is 198 g/mol. The van der Waals surface area contributed by atoms with Crippen molar-refractivity contribution in [2.24, 2.45) is 7.05 Å². The number of rotatable bonds is 4. The lowest BCUT2D eigenvalue weighted by molar-refractivity contribution is 0.347. The van der Waals surface area contributed by atoms with Gasteiger partial charge in [-0.3, -0.25) is 0 Å². The second kappa shape index (κ2) is 4.32. The largest absolute Gasteiger partial charge is 0.338 e. The van der Waals surface area contributed by atoms with Gasteiger partial charge in [0.2, 0.25) is 0 Å². The van der Waals surface area contributed by atoms with E-state index in [0.29, 0.717) is 11.4 Å². The Morgan fingerprint density at radius 2 is 2.43 bits per heavy atom. The first-order valence-corrected chi connectivity index (χ1v) is 5.53. The van der Waals surface area contributed by atoms with Crippen molar-refractivity contribution < 1.29 is 0 Å². The first-order chi connectivity index (χ1) is 6.75. The Labute approximate surface area is 89.5 Å². The van der Waals surface area contributed by atoms with Gasteiger partial charge in [-0.25, -0.2) is 4.98 Å². The fourth-order valence-electron chi connectivity index (χ4n) is 1.74. The van der Waals surface area contributed by atoms with Crippen molar-refractivity contribution >= 4 is 11.6 Å². The fraction of sp³-hybridized carbons (Fsp3) is 0.700. The molecule has 0 radical (unpaired) electrons. The van der Waals surface area contributed by atoms with Gasteiger partial charge in [-0.2, -0.15) is 0 Å². The van der Waals surface area contributed by atoms with Gasteiger partial charge in [-0.15, -0.1) is 11.6 Å². The molecule has 1 heterocycles. The predicted molar refractivity (Wildman–Crippen MR) is 57.6 cm³/mol. The van der Waals surface area contributed by atoms with Gasteiger partial charge in [0.25, 0.3) is 0 Å². The molecule has 1 aliphatic carbocycles. The maximum atomic E-state index is 5.89. The summed E-state index contributed by atoms with van der Waals surface area (Å²) in [6.07, 6.45) is 7.04. The highest BCUT2D eigenvalue weighted by atomic mass is 35.5. The first-order valence-electron chi connectivity index (χ1n) is 5.09. The summed E-state index contributed by atoms with van der Waals surface area (Å²) in [6, 6.07) is 0.637. The van der Waals surface area contributed by atoms with E-state index in [2.05, 4.69) is 14.9 Å². The van der Waals surface area contributed by atoms with E-state index in [0.717, 1.165) is 31.6 Å². The zero-order valence-corrected chi connectivity index (χ0v) is 9.17. The van der Waals surface area contributed by atoms with Crippen molar-refractivity contribution in [3.05, 3.63) is 18.2 Å². The SMILES string of the molecule is Cn1ccnc1CCNC1CC(Cl)C1. The molecule has 0 aliphatic heterocycles. The van der Waals surface area contributed by atoms with Crippen LogP contribution in [0, 0.1) is 0 Å². The van der Waals surface area contributed by atoms with Crippen molar-refractivity contribution in [2.45, 2.75) is 30.7 Å². The molecule has 2 rings (SSSR count). The molecule has 0 aromatic carbocycles. The standard InChI is InChI=1S/C10H16ClN3/c1-14-5-4-13-10(14)2-3-12-9-6-8(11)7-9/h4-5,8-9,12H,2-3,6-7H2,1H3. The lowest BCUT2D eigenvalue weighted by Gasteiger charge is -2.31. The van der Waals surface area contributed by atoms with Gasteiger partial charge < -0.3 is 9.88 Å². The zero-order valence-electron chi connectivity index (χ0n) is 8.41. The lowest BCUT2D eigenvalue weighted by Crippen LogP contribution is -2.42. The van der Waals surface area contributed by atoms with E-state index in [-0.39, 0.29) is 0 Å². The summed E-state index contributed by atoms with van der Waals surface area (Å²) in [5.41, 5.74) is 0. The van der Waals surface area contributed by atoms with Crippen LogP contribution >= 0.6 is 11.6 Å². The van der Waals surface area contributed by atoms with E-state index in [9.17, 15) is 0 Å². The molecule has 0 unspecified atom stereocenters. The second-order valence-corrected chi connectivity index (χ2v) is 4.54. The van der Waals surface area contributed by atoms with E-state index >= 15 is 0 Å². The van der Waals surface area contributed by atoms with Gasteiger partial charge in [0, 0.05) is 43.8 Å². The number of alkyl halides is 1. The highest BCUT2D eigenvalue weighted by Gasteiger charge is 2.26. The van der Waals surface area contributed by atoms with Gasteiger partial charge in [0.1, 0.15) is 5.82 Å². The van der Waals surface area contributed by atoms with Crippen molar-refractivity contribution in [3.63, 3.8) is 0 Å². The molecule has 1 aromatic heterocycles. The molecule has 1 aromatic rings. The van der Waals surface area contributed by atoms with Crippen LogP contribution < -0.4 is 5.32 Å². The maximum Gasteiger partial charge on any atom is 0.109 e. The Hall–Kier alpha value is -0.540. The summed E-state index contributed by atoms with van der Waals surface area (Å²) in [7, 11) is 2.03. The Bertz CT molecular complexity index is 291. The molecule has 1 N–H and O–H groups in total. The molecular formula is C10H16ClN3. The van der Waals surface area contributed by atoms with E-state index < -0.39 is 0 Å². The van der Waals surface area contributed by atoms with Crippen LogP contribution in [0.1, 0.15) is 18.7 Å². The zero-order chi connectivity index (χ0) is 9.97. The fourth-order valence-corrected chi connectivity index (χ4v) is 2.17. The van der Waals surface area contributed by atoms with Crippen molar-refractivity contribution in [1.82, 2.24) is 14.9 Å². The third kappa shape index (κ3) is 2.28. The molecule has 0 bridgehead atoms. The van der Waals surface area contributed by atoms with Crippen LogP contribution in [0.5, 0.6) is 0 Å². The summed E-state index contributed by atoms with van der Waals surface area (Å²) >= 11 is 5.89. The molecule has 1 saturated carbocycles. The Balaban J connectivity index is 1.66. The monoisotopic (exact) mass is 213 g/mol. The third-order valence-electron chi connectivity index (χ3n) is 2.78. The molecule has 0 spiro atoms. The molecule has 0 amide bonds. The molecule has 14 heavy (non-hydrogen) atoms. The van der Waals surface area contributed by atoms with Crippen LogP contribution in [0.15, 0.2) is 12.4 Å². The van der Waals surface area contributed by atoms with E-state index in [1.807, 2.05) is 19.4 Å². The third-order valence-corrected chi connectivity index (χ3v) is 3.14. The van der Waals surface area contributed by atoms with Crippen molar-refractivity contribution in [1.29, 1.82) is 0 Å². The maximum absolute atomic E-state index is 5.89. The smallest absolute Gasteiger partial charge is 0.109 e. The average Bonchev–Trinajstić information content (AvgIpc) is 2.49. The van der Waals surface area contributed by atoms with Crippen LogP contribution in [0.2, 0.25) is 0 Å². The molecule has 0 saturated heterocycles. The van der Waals surface area contributed by atoms with E-state index in [4.69, 9.17) is 11.6 Å². The number of halogens is 1. The van der Waals surface area contributed by atoms with Crippen LogP contribution in [-0.4, -0.2) is 27.5 Å². The van der Waals surface area contributed by atoms with Crippen molar-refractivity contribution in [2.75, 3.05) is 6.54 Å². The minimum Gasteiger partial charge on any atom is -0.338 e. The minimum atomic E-state index is 0.403. The number of aromatic nitrogens is 2. The number of hydrogen-bond donors (Lipinski definition) is 1. The van der Waals surface area contributed by atoms with Gasteiger partial charge in [0.05, 0.1) is 0 Å². The molecule has 1 aliphatic rings. The summed E-state index contributed by atoms with van der Waals surface area (Å²) in [6.45, 7) is 0.999.